The Bertz CT molecular complexity index is 606. The second kappa shape index (κ2) is 5.22. The number of anilines is 1. The van der Waals surface area contributed by atoms with Gasteiger partial charge in [-0.05, 0) is 24.3 Å². The number of aromatic amines is 1. The minimum Gasteiger partial charge on any atom is -0.379 e. The van der Waals surface area contributed by atoms with Crippen LogP contribution in [0.25, 0.3) is 0 Å². The monoisotopic (exact) mass is 265 g/mol. The van der Waals surface area contributed by atoms with Crippen molar-refractivity contribution in [3.8, 4) is 0 Å². The molecule has 2 N–H and O–H groups in total. The van der Waals surface area contributed by atoms with Crippen LogP contribution in [-0.2, 0) is 16.4 Å². The summed E-state index contributed by atoms with van der Waals surface area (Å²) in [4.78, 5) is 0.347. The maximum absolute atomic E-state index is 11.7. The van der Waals surface area contributed by atoms with Crippen molar-refractivity contribution >= 4 is 15.5 Å². The van der Waals surface area contributed by atoms with Gasteiger partial charge in [0.05, 0.1) is 22.9 Å². The third-order valence-electron chi connectivity index (χ3n) is 2.61. The Balaban J connectivity index is 2.13. The first-order chi connectivity index (χ1) is 8.62. The first-order valence-electron chi connectivity index (χ1n) is 5.67. The Labute approximate surface area is 106 Å². The molecular formula is C12H15N3O2S. The van der Waals surface area contributed by atoms with Gasteiger partial charge < -0.3 is 5.32 Å². The van der Waals surface area contributed by atoms with Crippen molar-refractivity contribution in [2.24, 2.45) is 0 Å². The molecule has 96 valence electrons. The molecule has 0 spiro atoms. The molecule has 0 unspecified atom stereocenters. The maximum atomic E-state index is 11.7. The number of nitrogens with zero attached hydrogens (tertiary/aromatic N) is 1. The molecule has 0 aliphatic heterocycles. The zero-order valence-corrected chi connectivity index (χ0v) is 10.9. The van der Waals surface area contributed by atoms with E-state index in [-0.39, 0.29) is 5.75 Å². The molecule has 1 aromatic heterocycles. The molecule has 0 fully saturated rings. The van der Waals surface area contributed by atoms with Crippen molar-refractivity contribution < 1.29 is 8.42 Å². The van der Waals surface area contributed by atoms with Gasteiger partial charge in [-0.3, -0.25) is 5.10 Å². The van der Waals surface area contributed by atoms with E-state index in [2.05, 4.69) is 15.5 Å². The molecule has 1 aromatic carbocycles. The maximum Gasteiger partial charge on any atom is 0.178 e. The zero-order chi connectivity index (χ0) is 13.0. The Morgan fingerprint density at radius 1 is 1.33 bits per heavy atom. The highest BCUT2D eigenvalue weighted by atomic mass is 32.2. The predicted octanol–water partition coefficient (Wildman–Crippen LogP) is 1.82. The van der Waals surface area contributed by atoms with Crippen LogP contribution in [-0.4, -0.2) is 24.4 Å². The Hall–Kier alpha value is -1.82. The molecule has 0 aliphatic rings. The van der Waals surface area contributed by atoms with E-state index < -0.39 is 9.84 Å². The van der Waals surface area contributed by atoms with Crippen LogP contribution in [0.3, 0.4) is 0 Å². The molecule has 0 aliphatic carbocycles. The van der Waals surface area contributed by atoms with E-state index in [1.165, 1.54) is 0 Å². The third-order valence-corrected chi connectivity index (χ3v) is 4.35. The molecule has 2 rings (SSSR count). The number of nitrogens with one attached hydrogen (secondary N) is 2. The molecule has 18 heavy (non-hydrogen) atoms. The number of H-pyrrole nitrogens is 1. The number of rotatable bonds is 5. The molecule has 0 radical (unpaired) electrons. The van der Waals surface area contributed by atoms with Crippen molar-refractivity contribution in [1.29, 1.82) is 0 Å². The second-order valence-electron chi connectivity index (χ2n) is 3.87. The quantitative estimate of drug-likeness (QED) is 0.864. The van der Waals surface area contributed by atoms with E-state index in [1.807, 2.05) is 12.1 Å². The first-order valence-corrected chi connectivity index (χ1v) is 7.32. The van der Waals surface area contributed by atoms with Crippen LogP contribution < -0.4 is 5.32 Å². The highest BCUT2D eigenvalue weighted by Gasteiger charge is 2.11. The van der Waals surface area contributed by atoms with Crippen LogP contribution in [0.15, 0.2) is 41.4 Å². The largest absolute Gasteiger partial charge is 0.379 e. The van der Waals surface area contributed by atoms with Crippen molar-refractivity contribution in [2.75, 3.05) is 11.1 Å². The molecule has 5 nitrogen and oxygen atoms in total. The minimum atomic E-state index is -3.15. The Kier molecular flexibility index (Phi) is 3.66. The highest BCUT2D eigenvalue weighted by molar-refractivity contribution is 7.91. The SMILES string of the molecule is CCS(=O)(=O)c1cccc(NCc2ccn[nH]2)c1. The summed E-state index contributed by atoms with van der Waals surface area (Å²) < 4.78 is 23.5. The Morgan fingerprint density at radius 2 is 2.17 bits per heavy atom. The van der Waals surface area contributed by atoms with Gasteiger partial charge >= 0.3 is 0 Å². The lowest BCUT2D eigenvalue weighted by molar-refractivity contribution is 0.597. The summed E-state index contributed by atoms with van der Waals surface area (Å²) in [6.07, 6.45) is 1.68. The molecular weight excluding hydrogens is 250 g/mol. The summed E-state index contributed by atoms with van der Waals surface area (Å²) in [5.41, 5.74) is 1.72. The normalized spacial score (nSPS) is 11.4. The molecule has 0 saturated heterocycles. The lowest BCUT2D eigenvalue weighted by Crippen LogP contribution is -2.05. The summed E-state index contributed by atoms with van der Waals surface area (Å²) in [6, 6.07) is 8.69. The standard InChI is InChI=1S/C12H15N3O2S/c1-2-18(16,17)12-5-3-4-10(8-12)13-9-11-6-7-14-15-11/h3-8,13H,2,9H2,1H3,(H,14,15). The van der Waals surface area contributed by atoms with Gasteiger partial charge in [-0.25, -0.2) is 8.42 Å². The zero-order valence-electron chi connectivity index (χ0n) is 10.1. The first kappa shape index (κ1) is 12.6. The smallest absolute Gasteiger partial charge is 0.178 e. The van der Waals surface area contributed by atoms with E-state index in [4.69, 9.17) is 0 Å². The molecule has 2 aromatic rings. The lowest BCUT2D eigenvalue weighted by Gasteiger charge is -2.07. The number of sulfone groups is 1. The summed E-state index contributed by atoms with van der Waals surface area (Å²) in [5.74, 6) is 0.108. The third kappa shape index (κ3) is 2.89. The molecule has 6 heteroatoms. The van der Waals surface area contributed by atoms with Gasteiger partial charge in [0.1, 0.15) is 0 Å². The summed E-state index contributed by atoms with van der Waals surface area (Å²) >= 11 is 0. The van der Waals surface area contributed by atoms with E-state index in [9.17, 15) is 8.42 Å². The van der Waals surface area contributed by atoms with Gasteiger partial charge in [0.25, 0.3) is 0 Å². The van der Waals surface area contributed by atoms with Gasteiger partial charge in [-0.2, -0.15) is 5.10 Å². The van der Waals surface area contributed by atoms with Gasteiger partial charge in [0, 0.05) is 11.9 Å². The van der Waals surface area contributed by atoms with Crippen molar-refractivity contribution in [1.82, 2.24) is 10.2 Å². The second-order valence-corrected chi connectivity index (χ2v) is 6.14. The van der Waals surface area contributed by atoms with Gasteiger partial charge in [0.15, 0.2) is 9.84 Å². The molecule has 0 saturated carbocycles. The summed E-state index contributed by atoms with van der Waals surface area (Å²) in [7, 11) is -3.15. The number of aromatic nitrogens is 2. The average molecular weight is 265 g/mol. The summed E-state index contributed by atoms with van der Waals surface area (Å²) in [5, 5.41) is 9.82. The van der Waals surface area contributed by atoms with E-state index in [0.717, 1.165) is 11.4 Å². The minimum absolute atomic E-state index is 0.108. The fraction of sp³-hybridized carbons (Fsp3) is 0.250. The van der Waals surface area contributed by atoms with Crippen LogP contribution >= 0.6 is 0 Å². The fourth-order valence-corrected chi connectivity index (χ4v) is 2.47. The van der Waals surface area contributed by atoms with E-state index in [1.54, 1.807) is 31.3 Å². The topological polar surface area (TPSA) is 74.8 Å². The fourth-order valence-electron chi connectivity index (χ4n) is 1.55. The molecule has 0 atom stereocenters. The molecule has 0 amide bonds. The van der Waals surface area contributed by atoms with Crippen LogP contribution in [0.5, 0.6) is 0 Å². The number of hydrogen-bond acceptors (Lipinski definition) is 4. The number of hydrogen-bond donors (Lipinski definition) is 2. The average Bonchev–Trinajstić information content (AvgIpc) is 2.90. The van der Waals surface area contributed by atoms with Crippen molar-refractivity contribution in [3.63, 3.8) is 0 Å². The van der Waals surface area contributed by atoms with Crippen LogP contribution in [0.4, 0.5) is 5.69 Å². The van der Waals surface area contributed by atoms with E-state index >= 15 is 0 Å². The van der Waals surface area contributed by atoms with Crippen LogP contribution in [0.2, 0.25) is 0 Å². The Morgan fingerprint density at radius 3 is 2.83 bits per heavy atom. The van der Waals surface area contributed by atoms with Gasteiger partial charge in [0.2, 0.25) is 0 Å². The predicted molar refractivity (Wildman–Crippen MR) is 70.1 cm³/mol. The van der Waals surface area contributed by atoms with Crippen molar-refractivity contribution in [3.05, 3.63) is 42.2 Å². The summed E-state index contributed by atoms with van der Waals surface area (Å²) in [6.45, 7) is 2.22. The van der Waals surface area contributed by atoms with Crippen molar-refractivity contribution in [2.45, 2.75) is 18.4 Å². The van der Waals surface area contributed by atoms with Gasteiger partial charge in [-0.15, -0.1) is 0 Å². The molecule has 1 heterocycles. The highest BCUT2D eigenvalue weighted by Crippen LogP contribution is 2.17. The molecule has 0 bridgehead atoms. The lowest BCUT2D eigenvalue weighted by atomic mass is 10.3. The van der Waals surface area contributed by atoms with E-state index in [0.29, 0.717) is 11.4 Å². The van der Waals surface area contributed by atoms with Crippen LogP contribution in [0, 0.1) is 0 Å². The van der Waals surface area contributed by atoms with Crippen LogP contribution in [0.1, 0.15) is 12.6 Å². The number of benzene rings is 1. The van der Waals surface area contributed by atoms with Gasteiger partial charge in [-0.1, -0.05) is 13.0 Å².